The van der Waals surface area contributed by atoms with Gasteiger partial charge in [-0.2, -0.15) is 0 Å². The third-order valence-corrected chi connectivity index (χ3v) is 5.29. The summed E-state index contributed by atoms with van der Waals surface area (Å²) in [5.74, 6) is 1.07. The van der Waals surface area contributed by atoms with E-state index >= 15 is 0 Å². The summed E-state index contributed by atoms with van der Waals surface area (Å²) in [4.78, 5) is 4.16. The van der Waals surface area contributed by atoms with Gasteiger partial charge in [0.25, 0.3) is 0 Å². The second-order valence-electron chi connectivity index (χ2n) is 4.76. The van der Waals surface area contributed by atoms with Crippen LogP contribution in [0.1, 0.15) is 19.4 Å². The number of hydrogen-bond acceptors (Lipinski definition) is 6. The standard InChI is InChI=1S/C15H22N3O4P/c1-4-21-23(19,22-5-2)15-14(16)18(11-17-15)10-12-6-8-13(20-3)9-7-12/h6-9,11H,4-5,10,16H2,1-3H3. The maximum atomic E-state index is 12.8. The van der Waals surface area contributed by atoms with Gasteiger partial charge in [-0.05, 0) is 31.5 Å². The van der Waals surface area contributed by atoms with Crippen molar-refractivity contribution in [3.05, 3.63) is 36.2 Å². The molecule has 23 heavy (non-hydrogen) atoms. The largest absolute Gasteiger partial charge is 0.497 e. The Hall–Kier alpha value is -1.82. The second-order valence-corrected chi connectivity index (χ2v) is 6.70. The Kier molecular flexibility index (Phi) is 5.82. The molecule has 0 saturated carbocycles. The fourth-order valence-electron chi connectivity index (χ4n) is 2.15. The van der Waals surface area contributed by atoms with Gasteiger partial charge in [-0.1, -0.05) is 12.1 Å². The molecule has 2 N–H and O–H groups in total. The summed E-state index contributed by atoms with van der Waals surface area (Å²) in [5, 5.41) is 0. The Morgan fingerprint density at radius 1 is 1.17 bits per heavy atom. The van der Waals surface area contributed by atoms with Crippen LogP contribution in [0.3, 0.4) is 0 Å². The summed E-state index contributed by atoms with van der Waals surface area (Å²) >= 11 is 0. The number of methoxy groups -OCH3 is 1. The van der Waals surface area contributed by atoms with E-state index in [0.717, 1.165) is 11.3 Å². The fourth-order valence-corrected chi connectivity index (χ4v) is 3.75. The zero-order valence-corrected chi connectivity index (χ0v) is 14.5. The van der Waals surface area contributed by atoms with E-state index in [2.05, 4.69) is 4.98 Å². The molecule has 126 valence electrons. The van der Waals surface area contributed by atoms with Crippen LogP contribution in [0.5, 0.6) is 5.75 Å². The number of rotatable bonds is 8. The Morgan fingerprint density at radius 3 is 2.30 bits per heavy atom. The number of hydrogen-bond donors (Lipinski definition) is 1. The molecule has 0 unspecified atom stereocenters. The normalized spacial score (nSPS) is 11.6. The number of nitrogens with zero attached hydrogens (tertiary/aromatic N) is 2. The van der Waals surface area contributed by atoms with Gasteiger partial charge in [-0.3, -0.25) is 4.57 Å². The van der Waals surface area contributed by atoms with Crippen LogP contribution in [0.2, 0.25) is 0 Å². The summed E-state index contributed by atoms with van der Waals surface area (Å²) in [5.41, 5.74) is 7.28. The van der Waals surface area contributed by atoms with Crippen LogP contribution in [0.4, 0.5) is 5.82 Å². The van der Waals surface area contributed by atoms with Crippen LogP contribution < -0.4 is 15.9 Å². The molecule has 0 atom stereocenters. The lowest BCUT2D eigenvalue weighted by Crippen LogP contribution is -2.17. The van der Waals surface area contributed by atoms with Crippen LogP contribution in [0.25, 0.3) is 0 Å². The zero-order chi connectivity index (χ0) is 16.9. The first-order valence-electron chi connectivity index (χ1n) is 7.37. The highest BCUT2D eigenvalue weighted by Crippen LogP contribution is 2.47. The average molecular weight is 339 g/mol. The molecule has 1 aromatic carbocycles. The van der Waals surface area contributed by atoms with Crippen molar-refractivity contribution in [1.29, 1.82) is 0 Å². The Balaban J connectivity index is 2.25. The number of nitrogens with two attached hydrogens (primary N) is 1. The van der Waals surface area contributed by atoms with Crippen molar-refractivity contribution >= 4 is 18.8 Å². The molecule has 0 aliphatic rings. The van der Waals surface area contributed by atoms with Gasteiger partial charge in [0.05, 0.1) is 33.2 Å². The van der Waals surface area contributed by atoms with Gasteiger partial charge in [0, 0.05) is 0 Å². The number of nitrogen functional groups attached to an aromatic ring is 1. The molecule has 8 heteroatoms. The Labute approximate surface area is 135 Å². The molecule has 1 aromatic heterocycles. The van der Waals surface area contributed by atoms with Crippen LogP contribution in [0, 0.1) is 0 Å². The van der Waals surface area contributed by atoms with Gasteiger partial charge < -0.3 is 24.1 Å². The second kappa shape index (κ2) is 7.64. The highest BCUT2D eigenvalue weighted by atomic mass is 31.2. The first-order chi connectivity index (χ1) is 11.0. The van der Waals surface area contributed by atoms with Crippen molar-refractivity contribution in [3.63, 3.8) is 0 Å². The molecule has 0 saturated heterocycles. The number of anilines is 1. The Bertz CT molecular complexity index is 675. The molecule has 0 bridgehead atoms. The van der Waals surface area contributed by atoms with Gasteiger partial charge in [0.15, 0.2) is 5.44 Å². The van der Waals surface area contributed by atoms with Crippen molar-refractivity contribution in [2.24, 2.45) is 0 Å². The van der Waals surface area contributed by atoms with E-state index in [4.69, 9.17) is 19.5 Å². The summed E-state index contributed by atoms with van der Waals surface area (Å²) < 4.78 is 30.2. The van der Waals surface area contributed by atoms with Crippen molar-refractivity contribution in [3.8, 4) is 5.75 Å². The van der Waals surface area contributed by atoms with E-state index in [0.29, 0.717) is 6.54 Å². The molecule has 0 fully saturated rings. The predicted octanol–water partition coefficient (Wildman–Crippen LogP) is 2.41. The highest BCUT2D eigenvalue weighted by Gasteiger charge is 2.33. The van der Waals surface area contributed by atoms with E-state index in [9.17, 15) is 4.57 Å². The zero-order valence-electron chi connectivity index (χ0n) is 13.6. The van der Waals surface area contributed by atoms with E-state index in [1.54, 1.807) is 31.9 Å². The summed E-state index contributed by atoms with van der Waals surface area (Å²) in [6.45, 7) is 4.50. The molecule has 7 nitrogen and oxygen atoms in total. The number of benzene rings is 1. The maximum Gasteiger partial charge on any atom is 0.383 e. The van der Waals surface area contributed by atoms with Crippen molar-refractivity contribution < 1.29 is 18.3 Å². The molecule has 0 aliphatic carbocycles. The number of aromatic nitrogens is 2. The van der Waals surface area contributed by atoms with Crippen molar-refractivity contribution in [1.82, 2.24) is 9.55 Å². The monoisotopic (exact) mass is 339 g/mol. The van der Waals surface area contributed by atoms with Gasteiger partial charge in [-0.25, -0.2) is 4.98 Å². The van der Waals surface area contributed by atoms with Crippen LogP contribution in [-0.2, 0) is 20.2 Å². The first kappa shape index (κ1) is 17.5. The third-order valence-electron chi connectivity index (χ3n) is 3.23. The minimum Gasteiger partial charge on any atom is -0.497 e. The molecule has 0 amide bonds. The lowest BCUT2D eigenvalue weighted by Gasteiger charge is -2.15. The van der Waals surface area contributed by atoms with Gasteiger partial charge in [0.1, 0.15) is 11.6 Å². The van der Waals surface area contributed by atoms with E-state index in [1.165, 1.54) is 0 Å². The first-order valence-corrected chi connectivity index (χ1v) is 8.91. The molecular weight excluding hydrogens is 317 g/mol. The highest BCUT2D eigenvalue weighted by molar-refractivity contribution is 7.62. The smallest absolute Gasteiger partial charge is 0.383 e. The molecule has 0 radical (unpaired) electrons. The summed E-state index contributed by atoms with van der Waals surface area (Å²) in [6.07, 6.45) is 1.54. The molecule has 2 rings (SSSR count). The minimum absolute atomic E-state index is 0.162. The van der Waals surface area contributed by atoms with E-state index < -0.39 is 7.60 Å². The van der Waals surface area contributed by atoms with Crippen molar-refractivity contribution in [2.75, 3.05) is 26.1 Å². The van der Waals surface area contributed by atoms with E-state index in [-0.39, 0.29) is 24.5 Å². The van der Waals surface area contributed by atoms with Gasteiger partial charge in [-0.15, -0.1) is 0 Å². The molecule has 0 aliphatic heterocycles. The van der Waals surface area contributed by atoms with Crippen LogP contribution in [-0.4, -0.2) is 29.9 Å². The topological polar surface area (TPSA) is 88.6 Å². The number of ether oxygens (including phenoxy) is 1. The lowest BCUT2D eigenvalue weighted by atomic mass is 10.2. The number of imidazole rings is 1. The van der Waals surface area contributed by atoms with Gasteiger partial charge >= 0.3 is 7.60 Å². The molecule has 1 heterocycles. The minimum atomic E-state index is -3.48. The van der Waals surface area contributed by atoms with Crippen LogP contribution in [0.15, 0.2) is 30.6 Å². The van der Waals surface area contributed by atoms with Gasteiger partial charge in [0.2, 0.25) is 0 Å². The summed E-state index contributed by atoms with van der Waals surface area (Å²) in [6, 6.07) is 7.61. The quantitative estimate of drug-likeness (QED) is 0.743. The Morgan fingerprint density at radius 2 is 1.78 bits per heavy atom. The lowest BCUT2D eigenvalue weighted by molar-refractivity contribution is 0.229. The van der Waals surface area contributed by atoms with Crippen LogP contribution >= 0.6 is 7.60 Å². The van der Waals surface area contributed by atoms with E-state index in [1.807, 2.05) is 24.3 Å². The van der Waals surface area contributed by atoms with Crippen molar-refractivity contribution in [2.45, 2.75) is 20.4 Å². The molecular formula is C15H22N3O4P. The summed E-state index contributed by atoms with van der Waals surface area (Å²) in [7, 11) is -1.86. The fraction of sp³-hybridized carbons (Fsp3) is 0.400. The third kappa shape index (κ3) is 3.93. The molecule has 0 spiro atoms. The maximum absolute atomic E-state index is 12.8. The predicted molar refractivity (Wildman–Crippen MR) is 89.2 cm³/mol. The average Bonchev–Trinajstić information content (AvgIpc) is 2.90. The molecule has 2 aromatic rings. The SMILES string of the molecule is CCOP(=O)(OCC)c1ncn(Cc2ccc(OC)cc2)c1N.